The number of nitrogens with zero attached hydrogens (tertiary/aromatic N) is 1. The summed E-state index contributed by atoms with van der Waals surface area (Å²) in [6.45, 7) is 0. The van der Waals surface area contributed by atoms with Crippen LogP contribution in [-0.2, 0) is 0 Å². The van der Waals surface area contributed by atoms with E-state index in [4.69, 9.17) is 9.47 Å². The Morgan fingerprint density at radius 3 is 2.67 bits per heavy atom. The minimum Gasteiger partial charge on any atom is -0.497 e. The number of carbonyl (C=O) groups excluding carboxylic acids is 1. The van der Waals surface area contributed by atoms with Crippen LogP contribution in [0.25, 0.3) is 0 Å². The molecule has 0 spiro atoms. The molecule has 21 heavy (non-hydrogen) atoms. The number of methoxy groups -OCH3 is 1. The van der Waals surface area contributed by atoms with Crippen molar-refractivity contribution in [2.24, 2.45) is 0 Å². The van der Waals surface area contributed by atoms with E-state index in [1.54, 1.807) is 0 Å². The predicted molar refractivity (Wildman–Crippen MR) is 71.5 cm³/mol. The van der Waals surface area contributed by atoms with Gasteiger partial charge in [0.25, 0.3) is 0 Å². The lowest BCUT2D eigenvalue weighted by molar-refractivity contribution is -0.385. The van der Waals surface area contributed by atoms with Gasteiger partial charge >= 0.3 is 5.69 Å². The maximum Gasteiger partial charge on any atom is 0.311 e. The second-order valence-electron chi connectivity index (χ2n) is 3.97. The number of para-hydroxylation sites is 1. The van der Waals surface area contributed by atoms with Crippen LogP contribution in [0.3, 0.4) is 0 Å². The molecule has 6 nitrogen and oxygen atoms in total. The van der Waals surface area contributed by atoms with Crippen molar-refractivity contribution in [2.45, 2.75) is 0 Å². The molecule has 0 aromatic heterocycles. The van der Waals surface area contributed by atoms with Crippen molar-refractivity contribution in [3.63, 3.8) is 0 Å². The van der Waals surface area contributed by atoms with E-state index in [1.165, 1.54) is 37.4 Å². The summed E-state index contributed by atoms with van der Waals surface area (Å²) in [5.41, 5.74) is -0.414. The van der Waals surface area contributed by atoms with Crippen LogP contribution in [0.2, 0.25) is 0 Å². The van der Waals surface area contributed by atoms with Crippen molar-refractivity contribution in [3.8, 4) is 17.2 Å². The van der Waals surface area contributed by atoms with Crippen molar-refractivity contribution in [1.29, 1.82) is 0 Å². The lowest BCUT2D eigenvalue weighted by atomic mass is 10.2. The largest absolute Gasteiger partial charge is 0.497 e. The molecule has 0 aliphatic rings. The number of aldehydes is 1. The van der Waals surface area contributed by atoms with E-state index in [0.717, 1.165) is 6.07 Å². The van der Waals surface area contributed by atoms with Gasteiger partial charge in [-0.25, -0.2) is 4.39 Å². The molecule has 0 heterocycles. The topological polar surface area (TPSA) is 78.7 Å². The Bertz CT molecular complexity index is 702. The normalized spacial score (nSPS) is 10.0. The van der Waals surface area contributed by atoms with Crippen LogP contribution in [0.15, 0.2) is 36.4 Å². The Kier molecular flexibility index (Phi) is 4.13. The highest BCUT2D eigenvalue weighted by molar-refractivity contribution is 5.79. The first kappa shape index (κ1) is 14.4. The number of rotatable bonds is 5. The molecule has 0 aliphatic carbocycles. The van der Waals surface area contributed by atoms with Gasteiger partial charge in [0.2, 0.25) is 5.75 Å². The van der Waals surface area contributed by atoms with Crippen LogP contribution in [0.5, 0.6) is 17.2 Å². The van der Waals surface area contributed by atoms with Crippen LogP contribution in [0, 0.1) is 15.9 Å². The van der Waals surface area contributed by atoms with Crippen LogP contribution in [-0.4, -0.2) is 18.3 Å². The highest BCUT2D eigenvalue weighted by atomic mass is 19.1. The standard InChI is InChI=1S/C14H10FNO5/c1-20-10-5-6-12(16(18)19)13(7-10)21-14-9(8-17)3-2-4-11(14)15/h2-8H,1H3. The molecule has 7 heteroatoms. The van der Waals surface area contributed by atoms with E-state index < -0.39 is 10.7 Å². The number of hydrogen-bond acceptors (Lipinski definition) is 5. The van der Waals surface area contributed by atoms with Crippen LogP contribution in [0.4, 0.5) is 10.1 Å². The molecule has 2 aromatic carbocycles. The SMILES string of the molecule is COc1ccc([N+](=O)[O-])c(Oc2c(F)cccc2C=O)c1. The van der Waals surface area contributed by atoms with E-state index in [-0.39, 0.29) is 22.7 Å². The molecule has 0 N–H and O–H groups in total. The summed E-state index contributed by atoms with van der Waals surface area (Å²) in [5.74, 6) is -1.08. The second kappa shape index (κ2) is 6.00. The third kappa shape index (κ3) is 2.97. The van der Waals surface area contributed by atoms with Gasteiger partial charge in [0, 0.05) is 12.1 Å². The number of nitro benzene ring substituents is 1. The van der Waals surface area contributed by atoms with Crippen LogP contribution in [0.1, 0.15) is 10.4 Å². The number of hydrogen-bond donors (Lipinski definition) is 0. The summed E-state index contributed by atoms with van der Waals surface area (Å²) in [5, 5.41) is 11.0. The number of halogens is 1. The summed E-state index contributed by atoms with van der Waals surface area (Å²) >= 11 is 0. The van der Waals surface area contributed by atoms with E-state index >= 15 is 0 Å². The zero-order chi connectivity index (χ0) is 15.4. The van der Waals surface area contributed by atoms with Crippen molar-refractivity contribution in [1.82, 2.24) is 0 Å². The highest BCUT2D eigenvalue weighted by Gasteiger charge is 2.20. The molecule has 0 amide bonds. The zero-order valence-electron chi connectivity index (χ0n) is 10.9. The van der Waals surface area contributed by atoms with Gasteiger partial charge in [-0.1, -0.05) is 6.07 Å². The maximum absolute atomic E-state index is 13.8. The number of carbonyl (C=O) groups is 1. The molecule has 2 rings (SSSR count). The summed E-state index contributed by atoms with van der Waals surface area (Å²) in [4.78, 5) is 21.2. The summed E-state index contributed by atoms with van der Waals surface area (Å²) in [6.07, 6.45) is 0.407. The Labute approximate surface area is 118 Å². The van der Waals surface area contributed by atoms with Gasteiger partial charge in [-0.2, -0.15) is 0 Å². The Balaban J connectivity index is 2.53. The van der Waals surface area contributed by atoms with Crippen LogP contribution >= 0.6 is 0 Å². The van der Waals surface area contributed by atoms with Gasteiger partial charge in [0.05, 0.1) is 17.6 Å². The predicted octanol–water partition coefficient (Wildman–Crippen LogP) is 3.35. The molecular weight excluding hydrogens is 281 g/mol. The first-order valence-electron chi connectivity index (χ1n) is 5.80. The average Bonchev–Trinajstić information content (AvgIpc) is 2.48. The fourth-order valence-electron chi connectivity index (χ4n) is 1.69. The summed E-state index contributed by atoms with van der Waals surface area (Å²) in [6, 6.07) is 7.58. The Hall–Kier alpha value is -2.96. The van der Waals surface area contributed by atoms with Gasteiger partial charge in [-0.3, -0.25) is 14.9 Å². The van der Waals surface area contributed by atoms with E-state index in [9.17, 15) is 19.3 Å². The molecule has 0 bridgehead atoms. The molecule has 0 atom stereocenters. The second-order valence-corrected chi connectivity index (χ2v) is 3.97. The smallest absolute Gasteiger partial charge is 0.311 e. The first-order chi connectivity index (χ1) is 10.1. The fraction of sp³-hybridized carbons (Fsp3) is 0.0714. The monoisotopic (exact) mass is 291 g/mol. The van der Waals surface area contributed by atoms with Crippen molar-refractivity contribution < 1.29 is 23.6 Å². The minimum atomic E-state index is -0.795. The van der Waals surface area contributed by atoms with Gasteiger partial charge in [-0.05, 0) is 18.2 Å². The zero-order valence-corrected chi connectivity index (χ0v) is 10.9. The Morgan fingerprint density at radius 2 is 2.05 bits per heavy atom. The molecule has 0 saturated carbocycles. The van der Waals surface area contributed by atoms with Gasteiger partial charge < -0.3 is 9.47 Å². The minimum absolute atomic E-state index is 0.0490. The number of ether oxygens (including phenoxy) is 2. The molecule has 108 valence electrons. The fourth-order valence-corrected chi connectivity index (χ4v) is 1.69. The molecule has 0 radical (unpaired) electrons. The molecule has 0 aliphatic heterocycles. The molecular formula is C14H10FNO5. The maximum atomic E-state index is 13.8. The lowest BCUT2D eigenvalue weighted by Gasteiger charge is -2.10. The van der Waals surface area contributed by atoms with E-state index in [0.29, 0.717) is 12.0 Å². The third-order valence-corrected chi connectivity index (χ3v) is 2.70. The number of nitro groups is 1. The van der Waals surface area contributed by atoms with Crippen molar-refractivity contribution in [3.05, 3.63) is 57.9 Å². The quantitative estimate of drug-likeness (QED) is 0.479. The first-order valence-corrected chi connectivity index (χ1v) is 5.80. The van der Waals surface area contributed by atoms with Gasteiger partial charge in [0.1, 0.15) is 5.75 Å². The molecule has 0 fully saturated rings. The average molecular weight is 291 g/mol. The Morgan fingerprint density at radius 1 is 1.29 bits per heavy atom. The van der Waals surface area contributed by atoms with Crippen molar-refractivity contribution in [2.75, 3.05) is 7.11 Å². The third-order valence-electron chi connectivity index (χ3n) is 2.70. The lowest BCUT2D eigenvalue weighted by Crippen LogP contribution is -1.98. The molecule has 0 unspecified atom stereocenters. The van der Waals surface area contributed by atoms with Gasteiger partial charge in [-0.15, -0.1) is 0 Å². The summed E-state index contributed by atoms with van der Waals surface area (Å²) in [7, 11) is 1.38. The van der Waals surface area contributed by atoms with Gasteiger partial charge in [0.15, 0.2) is 17.9 Å². The molecule has 2 aromatic rings. The summed E-state index contributed by atoms with van der Waals surface area (Å²) < 4.78 is 23.9. The molecule has 0 saturated heterocycles. The van der Waals surface area contributed by atoms with E-state index in [1.807, 2.05) is 0 Å². The van der Waals surface area contributed by atoms with E-state index in [2.05, 4.69) is 0 Å². The highest BCUT2D eigenvalue weighted by Crippen LogP contribution is 2.36. The van der Waals surface area contributed by atoms with Crippen molar-refractivity contribution >= 4 is 12.0 Å². The number of benzene rings is 2. The van der Waals surface area contributed by atoms with Crippen LogP contribution < -0.4 is 9.47 Å².